The number of ether oxygens (including phenoxy) is 1. The van der Waals surface area contributed by atoms with Crippen molar-refractivity contribution in [2.75, 3.05) is 6.61 Å². The summed E-state index contributed by atoms with van der Waals surface area (Å²) in [4.78, 5) is 23.9. The van der Waals surface area contributed by atoms with Gasteiger partial charge in [0.1, 0.15) is 0 Å². The van der Waals surface area contributed by atoms with Gasteiger partial charge < -0.3 is 15.2 Å². The van der Waals surface area contributed by atoms with Gasteiger partial charge in [-0.15, -0.1) is 0 Å². The number of benzene rings is 1. The van der Waals surface area contributed by atoms with Crippen molar-refractivity contribution in [1.82, 2.24) is 5.32 Å². The van der Waals surface area contributed by atoms with Crippen molar-refractivity contribution in [1.29, 1.82) is 0 Å². The third-order valence-electron chi connectivity index (χ3n) is 4.25. The average molecular weight is 305 g/mol. The van der Waals surface area contributed by atoms with Gasteiger partial charge in [0.15, 0.2) is 6.04 Å². The lowest BCUT2D eigenvalue weighted by Gasteiger charge is -2.27. The van der Waals surface area contributed by atoms with Crippen LogP contribution in [0.15, 0.2) is 18.2 Å². The van der Waals surface area contributed by atoms with Gasteiger partial charge >= 0.3 is 5.97 Å². The lowest BCUT2D eigenvalue weighted by atomic mass is 9.94. The predicted molar refractivity (Wildman–Crippen MR) is 82.6 cm³/mol. The van der Waals surface area contributed by atoms with Crippen LogP contribution in [0.1, 0.15) is 42.5 Å². The molecule has 22 heavy (non-hydrogen) atoms. The highest BCUT2D eigenvalue weighted by atomic mass is 16.5. The minimum absolute atomic E-state index is 0.0365. The normalized spacial score (nSPS) is 22.9. The van der Waals surface area contributed by atoms with Crippen molar-refractivity contribution in [3.05, 3.63) is 34.9 Å². The Morgan fingerprint density at radius 2 is 2.05 bits per heavy atom. The third kappa shape index (κ3) is 3.85. The summed E-state index contributed by atoms with van der Waals surface area (Å²) in [6.07, 6.45) is 1.30. The topological polar surface area (TPSA) is 75.6 Å². The molecule has 1 amide bonds. The molecule has 2 N–H and O–H groups in total. The van der Waals surface area contributed by atoms with E-state index < -0.39 is 12.0 Å². The number of nitrogens with one attached hydrogen (secondary N) is 1. The number of amides is 1. The van der Waals surface area contributed by atoms with Crippen molar-refractivity contribution < 1.29 is 19.4 Å². The molecule has 1 aromatic carbocycles. The molecule has 0 radical (unpaired) electrons. The van der Waals surface area contributed by atoms with E-state index in [1.54, 1.807) is 6.07 Å². The van der Waals surface area contributed by atoms with Gasteiger partial charge in [0, 0.05) is 12.5 Å². The van der Waals surface area contributed by atoms with E-state index in [4.69, 9.17) is 4.74 Å². The minimum atomic E-state index is -1.04. The first-order chi connectivity index (χ1) is 10.4. The van der Waals surface area contributed by atoms with Crippen molar-refractivity contribution >= 4 is 11.9 Å². The number of carboxylic acids is 1. The Balaban J connectivity index is 2.13. The number of hydrogen-bond acceptors (Lipinski definition) is 3. The molecule has 0 spiro atoms. The largest absolute Gasteiger partial charge is 0.479 e. The lowest BCUT2D eigenvalue weighted by molar-refractivity contribution is -0.143. The molecule has 5 heteroatoms. The Morgan fingerprint density at radius 3 is 2.64 bits per heavy atom. The van der Waals surface area contributed by atoms with E-state index in [0.29, 0.717) is 25.0 Å². The first-order valence-electron chi connectivity index (χ1n) is 7.60. The van der Waals surface area contributed by atoms with Crippen LogP contribution in [0, 0.1) is 19.8 Å². The van der Waals surface area contributed by atoms with Crippen LogP contribution in [0.3, 0.4) is 0 Å². The maximum Gasteiger partial charge on any atom is 0.330 e. The van der Waals surface area contributed by atoms with E-state index in [1.165, 1.54) is 0 Å². The number of hydrogen-bond donors (Lipinski definition) is 2. The zero-order chi connectivity index (χ0) is 16.3. The van der Waals surface area contributed by atoms with Gasteiger partial charge in [-0.25, -0.2) is 4.79 Å². The van der Waals surface area contributed by atoms with E-state index in [2.05, 4.69) is 5.32 Å². The molecule has 1 aliphatic heterocycles. The molecule has 0 saturated carbocycles. The fourth-order valence-corrected chi connectivity index (χ4v) is 2.73. The predicted octanol–water partition coefficient (Wildman–Crippen LogP) is 2.36. The van der Waals surface area contributed by atoms with E-state index in [1.807, 2.05) is 32.9 Å². The van der Waals surface area contributed by atoms with Crippen LogP contribution in [0.4, 0.5) is 0 Å². The molecule has 1 aromatic rings. The number of aryl methyl sites for hydroxylation is 2. The molecule has 1 fully saturated rings. The second-order valence-corrected chi connectivity index (χ2v) is 6.03. The molecule has 2 rings (SSSR count). The average Bonchev–Trinajstić information content (AvgIpc) is 2.47. The number of carbonyl (C=O) groups excluding carboxylic acids is 1. The standard InChI is InChI=1S/C17H23NO4/c1-10-4-5-13(8-11(10)2)15(17(20)21)18-16(19)14-6-7-22-12(3)9-14/h4-5,8,12,14-15H,6-7,9H2,1-3H3,(H,18,19)(H,20,21). The van der Waals surface area contributed by atoms with Gasteiger partial charge in [-0.1, -0.05) is 18.2 Å². The highest BCUT2D eigenvalue weighted by molar-refractivity contribution is 5.86. The summed E-state index contributed by atoms with van der Waals surface area (Å²) in [7, 11) is 0. The van der Waals surface area contributed by atoms with Gasteiger partial charge in [-0.2, -0.15) is 0 Å². The Bertz CT molecular complexity index is 570. The Morgan fingerprint density at radius 1 is 1.32 bits per heavy atom. The fourth-order valence-electron chi connectivity index (χ4n) is 2.73. The molecule has 5 nitrogen and oxygen atoms in total. The summed E-state index contributed by atoms with van der Waals surface area (Å²) in [5.41, 5.74) is 2.71. The number of rotatable bonds is 4. The molecule has 3 atom stereocenters. The smallest absolute Gasteiger partial charge is 0.330 e. The zero-order valence-corrected chi connectivity index (χ0v) is 13.3. The summed E-state index contributed by atoms with van der Waals surface area (Å²) in [6.45, 7) is 6.37. The second-order valence-electron chi connectivity index (χ2n) is 6.03. The van der Waals surface area contributed by atoms with Crippen LogP contribution in [-0.2, 0) is 14.3 Å². The van der Waals surface area contributed by atoms with Crippen LogP contribution < -0.4 is 5.32 Å². The second kappa shape index (κ2) is 6.92. The molecular weight excluding hydrogens is 282 g/mol. The van der Waals surface area contributed by atoms with Gasteiger partial charge in [-0.3, -0.25) is 4.79 Å². The maximum atomic E-state index is 12.4. The third-order valence-corrected chi connectivity index (χ3v) is 4.25. The summed E-state index contributed by atoms with van der Waals surface area (Å²) in [6, 6.07) is 4.45. The molecule has 0 aliphatic carbocycles. The molecule has 1 aliphatic rings. The van der Waals surface area contributed by atoms with Crippen LogP contribution in [-0.4, -0.2) is 29.7 Å². The van der Waals surface area contributed by atoms with Crippen LogP contribution >= 0.6 is 0 Å². The lowest BCUT2D eigenvalue weighted by Crippen LogP contribution is -2.40. The number of carbonyl (C=O) groups is 2. The number of carboxylic acid groups (broad SMARTS) is 1. The molecule has 1 saturated heterocycles. The van der Waals surface area contributed by atoms with Gasteiger partial charge in [0.05, 0.1) is 6.10 Å². The maximum absolute atomic E-state index is 12.4. The van der Waals surface area contributed by atoms with Gasteiger partial charge in [0.2, 0.25) is 5.91 Å². The molecule has 0 aromatic heterocycles. The Kier molecular flexibility index (Phi) is 5.19. The van der Waals surface area contributed by atoms with E-state index in [0.717, 1.165) is 11.1 Å². The van der Waals surface area contributed by atoms with Crippen LogP contribution in [0.5, 0.6) is 0 Å². The Hall–Kier alpha value is -1.88. The highest BCUT2D eigenvalue weighted by Gasteiger charge is 2.29. The van der Waals surface area contributed by atoms with E-state index >= 15 is 0 Å². The molecule has 1 heterocycles. The van der Waals surface area contributed by atoms with Crippen LogP contribution in [0.25, 0.3) is 0 Å². The monoisotopic (exact) mass is 305 g/mol. The SMILES string of the molecule is Cc1ccc(C(NC(=O)C2CCOC(C)C2)C(=O)O)cc1C. The zero-order valence-electron chi connectivity index (χ0n) is 13.3. The van der Waals surface area contributed by atoms with Crippen LogP contribution in [0.2, 0.25) is 0 Å². The van der Waals surface area contributed by atoms with Crippen molar-refractivity contribution in [2.24, 2.45) is 5.92 Å². The Labute approximate surface area is 130 Å². The summed E-state index contributed by atoms with van der Waals surface area (Å²) < 4.78 is 5.43. The first-order valence-corrected chi connectivity index (χ1v) is 7.60. The highest BCUT2D eigenvalue weighted by Crippen LogP contribution is 2.23. The quantitative estimate of drug-likeness (QED) is 0.895. The fraction of sp³-hybridized carbons (Fsp3) is 0.529. The number of aliphatic carboxylic acids is 1. The first kappa shape index (κ1) is 16.5. The molecule has 3 unspecified atom stereocenters. The summed E-state index contributed by atoms with van der Waals surface area (Å²) >= 11 is 0. The van der Waals surface area contributed by atoms with Gasteiger partial charge in [0.25, 0.3) is 0 Å². The minimum Gasteiger partial charge on any atom is -0.479 e. The molecule has 0 bridgehead atoms. The summed E-state index contributed by atoms with van der Waals surface area (Å²) in [5, 5.41) is 12.1. The van der Waals surface area contributed by atoms with Crippen molar-refractivity contribution in [3.8, 4) is 0 Å². The van der Waals surface area contributed by atoms with E-state index in [9.17, 15) is 14.7 Å². The summed E-state index contributed by atoms with van der Waals surface area (Å²) in [5.74, 6) is -1.44. The molecule has 120 valence electrons. The van der Waals surface area contributed by atoms with E-state index in [-0.39, 0.29) is 17.9 Å². The van der Waals surface area contributed by atoms with Crippen molar-refractivity contribution in [3.63, 3.8) is 0 Å². The van der Waals surface area contributed by atoms with Gasteiger partial charge in [-0.05, 0) is 50.3 Å². The molecular formula is C17H23NO4. The van der Waals surface area contributed by atoms with Crippen molar-refractivity contribution in [2.45, 2.75) is 45.8 Å².